The van der Waals surface area contributed by atoms with Gasteiger partial charge in [-0.1, -0.05) is 46.2 Å². The van der Waals surface area contributed by atoms with Gasteiger partial charge in [0.25, 0.3) is 5.89 Å². The Bertz CT molecular complexity index is 1100. The van der Waals surface area contributed by atoms with Crippen LogP contribution in [0.1, 0.15) is 23.2 Å². The van der Waals surface area contributed by atoms with Crippen LogP contribution in [-0.2, 0) is 21.4 Å². The smallest absolute Gasteiger partial charge is 0.338 e. The van der Waals surface area contributed by atoms with E-state index in [9.17, 15) is 13.2 Å². The maximum Gasteiger partial charge on any atom is 0.338 e. The summed E-state index contributed by atoms with van der Waals surface area (Å²) in [5.74, 6) is -0.207. The number of carbonyl (C=O) groups is 1. The quantitative estimate of drug-likeness (QED) is 0.533. The third-order valence-corrected chi connectivity index (χ3v) is 5.63. The molecule has 2 aromatic carbocycles. The number of hydrogen-bond acceptors (Lipinski definition) is 7. The van der Waals surface area contributed by atoms with E-state index in [1.807, 2.05) is 24.3 Å². The zero-order valence-electron chi connectivity index (χ0n) is 14.8. The van der Waals surface area contributed by atoms with Gasteiger partial charge in [0, 0.05) is 16.6 Å². The topological polar surface area (TPSA) is 111 Å². The Morgan fingerprint density at radius 1 is 1.21 bits per heavy atom. The predicted molar refractivity (Wildman–Crippen MR) is 104 cm³/mol. The Morgan fingerprint density at radius 2 is 2.00 bits per heavy atom. The summed E-state index contributed by atoms with van der Waals surface area (Å²) in [7, 11) is -3.67. The van der Waals surface area contributed by atoms with Crippen molar-refractivity contribution in [3.05, 3.63) is 64.5 Å². The second kappa shape index (κ2) is 8.63. The Kier molecular flexibility index (Phi) is 6.22. The number of rotatable bonds is 7. The number of esters is 1. The van der Waals surface area contributed by atoms with E-state index in [2.05, 4.69) is 30.8 Å². The molecule has 0 unspecified atom stereocenters. The van der Waals surface area contributed by atoms with E-state index in [1.165, 1.54) is 24.3 Å². The van der Waals surface area contributed by atoms with Gasteiger partial charge in [0.1, 0.15) is 0 Å². The molecule has 1 N–H and O–H groups in total. The van der Waals surface area contributed by atoms with Gasteiger partial charge < -0.3 is 9.26 Å². The minimum absolute atomic E-state index is 0.0152. The van der Waals surface area contributed by atoms with Crippen LogP contribution in [0.5, 0.6) is 0 Å². The number of carbonyl (C=O) groups excluding carboxylic acids is 1. The van der Waals surface area contributed by atoms with Gasteiger partial charge in [-0.25, -0.2) is 17.9 Å². The normalized spacial score (nSPS) is 11.4. The lowest BCUT2D eigenvalue weighted by Gasteiger charge is -2.06. The number of benzene rings is 2. The SMILES string of the molecule is CCNS(=O)(=O)c1cccc(C(=O)OCc2nc(-c3cccc(Br)c3)no2)c1. The van der Waals surface area contributed by atoms with Crippen LogP contribution >= 0.6 is 15.9 Å². The fourth-order valence-corrected chi connectivity index (χ4v) is 3.82. The lowest BCUT2D eigenvalue weighted by atomic mass is 10.2. The van der Waals surface area contributed by atoms with Gasteiger partial charge in [0.2, 0.25) is 15.8 Å². The molecule has 0 fully saturated rings. The van der Waals surface area contributed by atoms with Crippen LogP contribution in [0, 0.1) is 0 Å². The van der Waals surface area contributed by atoms with Gasteiger partial charge in [-0.05, 0) is 30.3 Å². The molecule has 3 aromatic rings. The summed E-state index contributed by atoms with van der Waals surface area (Å²) in [6, 6.07) is 12.9. The lowest BCUT2D eigenvalue weighted by molar-refractivity contribution is 0.0429. The molecule has 3 rings (SSSR count). The highest BCUT2D eigenvalue weighted by Gasteiger charge is 2.17. The standard InChI is InChI=1S/C18H16BrN3O5S/c1-2-20-28(24,25)15-8-4-6-13(10-15)18(23)26-11-16-21-17(22-27-16)12-5-3-7-14(19)9-12/h3-10,20H,2,11H2,1H3. The van der Waals surface area contributed by atoms with Crippen molar-refractivity contribution in [1.82, 2.24) is 14.9 Å². The van der Waals surface area contributed by atoms with Crippen molar-refractivity contribution < 1.29 is 22.5 Å². The summed E-state index contributed by atoms with van der Waals surface area (Å²) in [5.41, 5.74) is 0.850. The van der Waals surface area contributed by atoms with Crippen LogP contribution in [0.4, 0.5) is 0 Å². The molecule has 0 aliphatic heterocycles. The second-order valence-corrected chi connectivity index (χ2v) is 8.31. The molecule has 0 amide bonds. The van der Waals surface area contributed by atoms with Gasteiger partial charge in [-0.15, -0.1) is 0 Å². The molecule has 0 spiro atoms. The van der Waals surface area contributed by atoms with E-state index in [-0.39, 0.29) is 29.5 Å². The van der Waals surface area contributed by atoms with Crippen molar-refractivity contribution >= 4 is 31.9 Å². The molecule has 0 saturated heterocycles. The average Bonchev–Trinajstić information content (AvgIpc) is 3.15. The van der Waals surface area contributed by atoms with Crippen molar-refractivity contribution in [1.29, 1.82) is 0 Å². The number of aromatic nitrogens is 2. The van der Waals surface area contributed by atoms with Crippen molar-refractivity contribution in [2.75, 3.05) is 6.54 Å². The fraction of sp³-hybridized carbons (Fsp3) is 0.167. The lowest BCUT2D eigenvalue weighted by Crippen LogP contribution is -2.23. The Hall–Kier alpha value is -2.56. The number of ether oxygens (including phenoxy) is 1. The highest BCUT2D eigenvalue weighted by molar-refractivity contribution is 9.10. The van der Waals surface area contributed by atoms with Crippen molar-refractivity contribution in [3.63, 3.8) is 0 Å². The average molecular weight is 466 g/mol. The van der Waals surface area contributed by atoms with E-state index >= 15 is 0 Å². The summed E-state index contributed by atoms with van der Waals surface area (Å²) in [4.78, 5) is 16.4. The minimum Gasteiger partial charge on any atom is -0.452 e. The van der Waals surface area contributed by atoms with Gasteiger partial charge in [-0.2, -0.15) is 4.98 Å². The molecule has 0 bridgehead atoms. The first-order valence-electron chi connectivity index (χ1n) is 8.24. The largest absolute Gasteiger partial charge is 0.452 e. The molecule has 0 aliphatic carbocycles. The van der Waals surface area contributed by atoms with Gasteiger partial charge in [0.05, 0.1) is 10.5 Å². The molecular formula is C18H16BrN3O5S. The molecule has 28 heavy (non-hydrogen) atoms. The van der Waals surface area contributed by atoms with Crippen LogP contribution in [0.15, 0.2) is 62.4 Å². The van der Waals surface area contributed by atoms with E-state index < -0.39 is 16.0 Å². The van der Waals surface area contributed by atoms with Crippen LogP contribution in [0.25, 0.3) is 11.4 Å². The number of sulfonamides is 1. The zero-order chi connectivity index (χ0) is 20.1. The Balaban J connectivity index is 1.68. The van der Waals surface area contributed by atoms with Crippen molar-refractivity contribution in [2.24, 2.45) is 0 Å². The monoisotopic (exact) mass is 465 g/mol. The van der Waals surface area contributed by atoms with Gasteiger partial charge in [0.15, 0.2) is 6.61 Å². The summed E-state index contributed by atoms with van der Waals surface area (Å²) in [6.45, 7) is 1.68. The Labute approximate surface area is 170 Å². The third-order valence-electron chi connectivity index (χ3n) is 3.59. The summed E-state index contributed by atoms with van der Waals surface area (Å²) in [5, 5.41) is 3.86. The highest BCUT2D eigenvalue weighted by atomic mass is 79.9. The molecule has 0 saturated carbocycles. The molecule has 8 nitrogen and oxygen atoms in total. The van der Waals surface area contributed by atoms with E-state index in [4.69, 9.17) is 9.26 Å². The highest BCUT2D eigenvalue weighted by Crippen LogP contribution is 2.20. The number of nitrogens with one attached hydrogen (secondary N) is 1. The summed E-state index contributed by atoms with van der Waals surface area (Å²) in [6.07, 6.45) is 0. The molecule has 1 heterocycles. The maximum absolute atomic E-state index is 12.2. The van der Waals surface area contributed by atoms with Crippen molar-refractivity contribution in [2.45, 2.75) is 18.4 Å². The molecule has 0 radical (unpaired) electrons. The van der Waals surface area contributed by atoms with E-state index in [1.54, 1.807) is 6.92 Å². The number of hydrogen-bond donors (Lipinski definition) is 1. The third kappa shape index (κ3) is 4.83. The molecule has 0 aliphatic rings. The second-order valence-electron chi connectivity index (χ2n) is 5.63. The first kappa shape index (κ1) is 20.2. The van der Waals surface area contributed by atoms with Gasteiger partial charge >= 0.3 is 5.97 Å². The fourth-order valence-electron chi connectivity index (χ4n) is 2.33. The molecule has 1 aromatic heterocycles. The molecular weight excluding hydrogens is 450 g/mol. The summed E-state index contributed by atoms with van der Waals surface area (Å²) < 4.78 is 37.6. The molecule has 10 heteroatoms. The van der Waals surface area contributed by atoms with Gasteiger partial charge in [-0.3, -0.25) is 0 Å². The molecule has 0 atom stereocenters. The minimum atomic E-state index is -3.67. The Morgan fingerprint density at radius 3 is 2.75 bits per heavy atom. The maximum atomic E-state index is 12.2. The van der Waals surface area contributed by atoms with E-state index in [0.29, 0.717) is 5.82 Å². The summed E-state index contributed by atoms with van der Waals surface area (Å²) >= 11 is 3.37. The number of nitrogens with zero attached hydrogens (tertiary/aromatic N) is 2. The van der Waals surface area contributed by atoms with Crippen LogP contribution in [-0.4, -0.2) is 31.1 Å². The first-order valence-corrected chi connectivity index (χ1v) is 10.5. The van der Waals surface area contributed by atoms with Crippen LogP contribution in [0.2, 0.25) is 0 Å². The van der Waals surface area contributed by atoms with Crippen LogP contribution in [0.3, 0.4) is 0 Å². The number of halogens is 1. The predicted octanol–water partition coefficient (Wildman–Crippen LogP) is 3.15. The first-order chi connectivity index (χ1) is 13.4. The van der Waals surface area contributed by atoms with Crippen molar-refractivity contribution in [3.8, 4) is 11.4 Å². The van der Waals surface area contributed by atoms with Crippen LogP contribution < -0.4 is 4.72 Å². The zero-order valence-corrected chi connectivity index (χ0v) is 17.2. The van der Waals surface area contributed by atoms with E-state index in [0.717, 1.165) is 10.0 Å². The molecule has 146 valence electrons.